The van der Waals surface area contributed by atoms with Gasteiger partial charge >= 0.3 is 5.97 Å². The maximum absolute atomic E-state index is 11.1. The van der Waals surface area contributed by atoms with Crippen molar-refractivity contribution in [3.05, 3.63) is 45.1 Å². The summed E-state index contributed by atoms with van der Waals surface area (Å²) < 4.78 is 11.1. The summed E-state index contributed by atoms with van der Waals surface area (Å²) in [7, 11) is 0. The minimum absolute atomic E-state index is 0.235. The van der Waals surface area contributed by atoms with Crippen LogP contribution in [0.25, 0.3) is 0 Å². The Morgan fingerprint density at radius 1 is 1.05 bits per heavy atom. The van der Waals surface area contributed by atoms with E-state index in [-0.39, 0.29) is 4.88 Å². The fraction of sp³-hybridized carbons (Fsp3) is 0.312. The van der Waals surface area contributed by atoms with Gasteiger partial charge in [0.05, 0.1) is 0 Å². The van der Waals surface area contributed by atoms with Gasteiger partial charge in [-0.1, -0.05) is 6.07 Å². The van der Waals surface area contributed by atoms with E-state index >= 15 is 0 Å². The molecule has 0 bridgehead atoms. The van der Waals surface area contributed by atoms with Gasteiger partial charge in [-0.25, -0.2) is 4.79 Å². The number of carboxylic acids is 1. The lowest BCUT2D eigenvalue weighted by atomic mass is 10.1. The third kappa shape index (κ3) is 4.23. The minimum Gasteiger partial charge on any atom is -0.490 e. The first-order valence-corrected chi connectivity index (χ1v) is 7.45. The van der Waals surface area contributed by atoms with E-state index in [0.717, 1.165) is 21.8 Å². The van der Waals surface area contributed by atoms with Gasteiger partial charge in [-0.2, -0.15) is 0 Å². The molecule has 1 aromatic carbocycles. The topological polar surface area (TPSA) is 55.8 Å². The second kappa shape index (κ2) is 6.63. The maximum Gasteiger partial charge on any atom is 0.349 e. The molecule has 2 rings (SSSR count). The number of carbonyl (C=O) groups is 1. The molecule has 1 heterocycles. The Bertz CT molecular complexity index is 625. The maximum atomic E-state index is 11.1. The highest BCUT2D eigenvalue weighted by atomic mass is 32.1. The molecule has 5 heteroatoms. The zero-order valence-electron chi connectivity index (χ0n) is 12.3. The van der Waals surface area contributed by atoms with Crippen LogP contribution in [0.2, 0.25) is 0 Å². The normalized spacial score (nSPS) is 10.4. The summed E-state index contributed by atoms with van der Waals surface area (Å²) in [5.74, 6) is 0.253. The Hall–Kier alpha value is -2.01. The molecule has 0 aliphatic carbocycles. The average Bonchev–Trinajstić information content (AvgIpc) is 2.75. The Balaban J connectivity index is 1.89. The van der Waals surface area contributed by atoms with Crippen LogP contribution in [0.4, 0.5) is 0 Å². The SMILES string of the molecule is Cc1cc(C)cc(OCCOc2cc(C)sc2C(=O)O)c1. The number of aromatic carboxylic acids is 1. The molecule has 1 N–H and O–H groups in total. The van der Waals surface area contributed by atoms with Crippen LogP contribution in [0.3, 0.4) is 0 Å². The van der Waals surface area contributed by atoms with Crippen LogP contribution >= 0.6 is 11.3 Å². The smallest absolute Gasteiger partial charge is 0.349 e. The number of hydrogen-bond donors (Lipinski definition) is 1. The first-order chi connectivity index (χ1) is 9.95. The molecule has 0 atom stereocenters. The van der Waals surface area contributed by atoms with Crippen LogP contribution in [0.5, 0.6) is 11.5 Å². The van der Waals surface area contributed by atoms with Crippen LogP contribution < -0.4 is 9.47 Å². The van der Waals surface area contributed by atoms with Gasteiger partial charge in [-0.15, -0.1) is 11.3 Å². The zero-order valence-corrected chi connectivity index (χ0v) is 13.1. The van der Waals surface area contributed by atoms with Gasteiger partial charge in [-0.3, -0.25) is 0 Å². The van der Waals surface area contributed by atoms with Crippen molar-refractivity contribution in [2.24, 2.45) is 0 Å². The van der Waals surface area contributed by atoms with Gasteiger partial charge in [0.1, 0.15) is 24.7 Å². The Labute approximate surface area is 128 Å². The van der Waals surface area contributed by atoms with Crippen molar-refractivity contribution in [1.29, 1.82) is 0 Å². The van der Waals surface area contributed by atoms with Crippen LogP contribution in [0.1, 0.15) is 25.7 Å². The molecular weight excluding hydrogens is 288 g/mol. The monoisotopic (exact) mass is 306 g/mol. The van der Waals surface area contributed by atoms with Crippen LogP contribution in [0, 0.1) is 20.8 Å². The summed E-state index contributed by atoms with van der Waals surface area (Å²) in [6, 6.07) is 7.75. The lowest BCUT2D eigenvalue weighted by molar-refractivity contribution is 0.0697. The first kappa shape index (κ1) is 15.4. The van der Waals surface area contributed by atoms with Crippen molar-refractivity contribution in [2.45, 2.75) is 20.8 Å². The average molecular weight is 306 g/mol. The summed E-state index contributed by atoms with van der Waals surface area (Å²) >= 11 is 1.22. The molecule has 0 saturated heterocycles. The van der Waals surface area contributed by atoms with Crippen molar-refractivity contribution >= 4 is 17.3 Å². The van der Waals surface area contributed by atoms with E-state index in [0.29, 0.717) is 19.0 Å². The lowest BCUT2D eigenvalue weighted by Gasteiger charge is -2.09. The van der Waals surface area contributed by atoms with Crippen molar-refractivity contribution in [2.75, 3.05) is 13.2 Å². The number of carboxylic acid groups (broad SMARTS) is 1. The zero-order chi connectivity index (χ0) is 15.4. The number of thiophene rings is 1. The first-order valence-electron chi connectivity index (χ1n) is 6.63. The van der Waals surface area contributed by atoms with Crippen molar-refractivity contribution < 1.29 is 19.4 Å². The molecule has 0 fully saturated rings. The predicted octanol–water partition coefficient (Wildman–Crippen LogP) is 3.83. The largest absolute Gasteiger partial charge is 0.490 e. The molecule has 21 heavy (non-hydrogen) atoms. The van der Waals surface area contributed by atoms with Gasteiger partial charge in [0.15, 0.2) is 4.88 Å². The van der Waals surface area contributed by atoms with Crippen molar-refractivity contribution in [3.8, 4) is 11.5 Å². The van der Waals surface area contributed by atoms with Gasteiger partial charge in [-0.05, 0) is 50.1 Å². The summed E-state index contributed by atoms with van der Waals surface area (Å²) in [6.45, 7) is 6.57. The van der Waals surface area contributed by atoms with E-state index in [9.17, 15) is 4.79 Å². The summed E-state index contributed by atoms with van der Waals surface area (Å²) in [6.07, 6.45) is 0. The summed E-state index contributed by atoms with van der Waals surface area (Å²) in [5.41, 5.74) is 2.29. The highest BCUT2D eigenvalue weighted by molar-refractivity contribution is 7.14. The molecule has 2 aromatic rings. The Morgan fingerprint density at radius 3 is 2.29 bits per heavy atom. The molecule has 0 aliphatic heterocycles. The number of ether oxygens (including phenoxy) is 2. The lowest BCUT2D eigenvalue weighted by Crippen LogP contribution is -2.10. The third-order valence-electron chi connectivity index (χ3n) is 2.82. The molecule has 0 amide bonds. The Kier molecular flexibility index (Phi) is 4.85. The standard InChI is InChI=1S/C16H18O4S/c1-10-6-11(2)8-13(7-10)19-4-5-20-14-9-12(3)21-15(14)16(17)18/h6-9H,4-5H2,1-3H3,(H,17,18). The number of benzene rings is 1. The summed E-state index contributed by atoms with van der Waals surface area (Å²) in [4.78, 5) is 12.2. The molecular formula is C16H18O4S. The molecule has 4 nitrogen and oxygen atoms in total. The highest BCUT2D eigenvalue weighted by Gasteiger charge is 2.15. The van der Waals surface area contributed by atoms with E-state index < -0.39 is 5.97 Å². The van der Waals surface area contributed by atoms with Crippen LogP contribution in [-0.4, -0.2) is 24.3 Å². The Morgan fingerprint density at radius 2 is 1.67 bits per heavy atom. The van der Waals surface area contributed by atoms with E-state index in [1.54, 1.807) is 6.07 Å². The van der Waals surface area contributed by atoms with Gasteiger partial charge in [0.2, 0.25) is 0 Å². The second-order valence-electron chi connectivity index (χ2n) is 4.88. The minimum atomic E-state index is -0.960. The molecule has 1 aromatic heterocycles. The van der Waals surface area contributed by atoms with Crippen LogP contribution in [-0.2, 0) is 0 Å². The van der Waals surface area contributed by atoms with Crippen LogP contribution in [0.15, 0.2) is 24.3 Å². The van der Waals surface area contributed by atoms with E-state index in [1.807, 2.05) is 32.9 Å². The molecule has 112 valence electrons. The van der Waals surface area contributed by atoms with Gasteiger partial charge in [0.25, 0.3) is 0 Å². The molecule has 0 unspecified atom stereocenters. The number of aryl methyl sites for hydroxylation is 3. The number of hydrogen-bond acceptors (Lipinski definition) is 4. The quantitative estimate of drug-likeness (QED) is 0.824. The second-order valence-corrected chi connectivity index (χ2v) is 6.13. The van der Waals surface area contributed by atoms with Gasteiger partial charge in [0, 0.05) is 4.88 Å². The van der Waals surface area contributed by atoms with E-state index in [2.05, 4.69) is 6.07 Å². The van der Waals surface area contributed by atoms with Crippen molar-refractivity contribution in [1.82, 2.24) is 0 Å². The fourth-order valence-electron chi connectivity index (χ4n) is 2.07. The number of rotatable bonds is 6. The molecule has 0 saturated carbocycles. The molecule has 0 spiro atoms. The van der Waals surface area contributed by atoms with E-state index in [4.69, 9.17) is 14.6 Å². The summed E-state index contributed by atoms with van der Waals surface area (Å²) in [5, 5.41) is 9.07. The molecule has 0 aliphatic rings. The third-order valence-corrected chi connectivity index (χ3v) is 3.84. The predicted molar refractivity (Wildman–Crippen MR) is 82.9 cm³/mol. The highest BCUT2D eigenvalue weighted by Crippen LogP contribution is 2.28. The fourth-order valence-corrected chi connectivity index (χ4v) is 2.87. The van der Waals surface area contributed by atoms with Crippen molar-refractivity contribution in [3.63, 3.8) is 0 Å². The van der Waals surface area contributed by atoms with E-state index in [1.165, 1.54) is 11.3 Å². The molecule has 0 radical (unpaired) electrons. The van der Waals surface area contributed by atoms with Gasteiger partial charge < -0.3 is 14.6 Å².